The molecule has 0 atom stereocenters. The Bertz CT molecular complexity index is 2320. The Morgan fingerprint density at radius 2 is 1.30 bits per heavy atom. The van der Waals surface area contributed by atoms with Crippen LogP contribution in [-0.2, 0) is 25.0 Å². The summed E-state index contributed by atoms with van der Waals surface area (Å²) < 4.78 is 75.0. The minimum Gasteiger partial charge on any atom is -0.481 e. The number of sulfonamides is 1. The molecule has 6 N–H and O–H groups in total. The minimum absolute atomic E-state index is 0.0592. The van der Waals surface area contributed by atoms with Crippen LogP contribution in [0, 0.1) is 5.92 Å². The molecule has 1 saturated carbocycles. The number of para-hydroxylation sites is 1. The van der Waals surface area contributed by atoms with Gasteiger partial charge in [0.2, 0.25) is 29.6 Å². The number of rotatable bonds is 15. The highest BCUT2D eigenvalue weighted by Crippen LogP contribution is 2.34. The Morgan fingerprint density at radius 1 is 0.737 bits per heavy atom. The van der Waals surface area contributed by atoms with Crippen LogP contribution in [0.4, 0.5) is 33.1 Å². The third kappa shape index (κ3) is 12.3. The predicted octanol–water partition coefficient (Wildman–Crippen LogP) is 2.17. The van der Waals surface area contributed by atoms with Gasteiger partial charge in [-0.2, -0.15) is 33.3 Å². The van der Waals surface area contributed by atoms with Crippen molar-refractivity contribution < 1.29 is 55.0 Å². The largest absolute Gasteiger partial charge is 0.481 e. The number of ketones is 1. The molecule has 304 valence electrons. The first kappa shape index (κ1) is 42.8. The number of carbonyl (C=O) groups is 4. The van der Waals surface area contributed by atoms with Crippen LogP contribution in [0.25, 0.3) is 0 Å². The highest BCUT2D eigenvalue weighted by atomic mass is 32.2. The van der Waals surface area contributed by atoms with E-state index < -0.39 is 43.2 Å². The third-order valence-electron chi connectivity index (χ3n) is 7.08. The minimum atomic E-state index is -4.38. The fourth-order valence-electron chi connectivity index (χ4n) is 4.44. The van der Waals surface area contributed by atoms with Gasteiger partial charge in [-0.3, -0.25) is 20.2 Å². The molecule has 5 rings (SSSR count). The van der Waals surface area contributed by atoms with Crippen LogP contribution in [0.2, 0.25) is 0 Å². The van der Waals surface area contributed by atoms with Gasteiger partial charge in [-0.15, -0.1) is 0 Å². The molecule has 4 amide bonds. The van der Waals surface area contributed by atoms with Crippen molar-refractivity contribution in [2.75, 3.05) is 55.7 Å². The number of benzene rings is 2. The number of aromatic nitrogens is 5. The number of nitrogens with zero attached hydrogens (tertiary/aromatic N) is 5. The molecule has 2 aromatic heterocycles. The van der Waals surface area contributed by atoms with E-state index in [0.29, 0.717) is 0 Å². The number of ether oxygens (including phenoxy) is 4. The van der Waals surface area contributed by atoms with Crippen LogP contribution in [-0.4, -0.2) is 101 Å². The molecule has 25 heteroatoms. The second-order valence-corrected chi connectivity index (χ2v) is 14.2. The van der Waals surface area contributed by atoms with Crippen LogP contribution in [0.1, 0.15) is 40.5 Å². The molecule has 0 saturated heterocycles. The van der Waals surface area contributed by atoms with Gasteiger partial charge < -0.3 is 24.3 Å². The molecule has 2 heterocycles. The van der Waals surface area contributed by atoms with Crippen molar-refractivity contribution >= 4 is 67.6 Å². The van der Waals surface area contributed by atoms with Crippen molar-refractivity contribution in [1.29, 1.82) is 0 Å². The summed E-state index contributed by atoms with van der Waals surface area (Å²) in [5.41, 5.74) is 0.118. The number of urea groups is 2. The normalized spacial score (nSPS) is 12.0. The van der Waals surface area contributed by atoms with Gasteiger partial charge in [-0.05, 0) is 44.0 Å². The zero-order valence-electron chi connectivity index (χ0n) is 30.8. The molecule has 57 heavy (non-hydrogen) atoms. The fraction of sp³-hybridized carbons (Fsp3) is 0.281. The van der Waals surface area contributed by atoms with Crippen LogP contribution < -0.4 is 44.3 Å². The molecule has 2 aromatic carbocycles. The Labute approximate surface area is 326 Å². The number of amides is 4. The van der Waals surface area contributed by atoms with Gasteiger partial charge in [0.25, 0.3) is 10.0 Å². The SMILES string of the molecule is CCOc1nc(NC)nc(NC(=O)NS(=O)(=O)c2ccccc2C(=O)OC)n1.COc1cc(OC)nc(NC(=O)NS(=O)(=O)Nc2ccccc2C(=O)C2CC2)n1. The topological polar surface area (TPSA) is 310 Å². The number of nitrogens with one attached hydrogen (secondary N) is 6. The second-order valence-electron chi connectivity index (χ2n) is 11.1. The van der Waals surface area contributed by atoms with E-state index in [2.05, 4.69) is 50.3 Å². The Morgan fingerprint density at radius 3 is 1.88 bits per heavy atom. The molecule has 4 aromatic rings. The summed E-state index contributed by atoms with van der Waals surface area (Å²) >= 11 is 0. The van der Waals surface area contributed by atoms with Crippen LogP contribution >= 0.6 is 0 Å². The lowest BCUT2D eigenvalue weighted by Gasteiger charge is -2.13. The molecule has 1 fully saturated rings. The lowest BCUT2D eigenvalue weighted by Crippen LogP contribution is -2.38. The van der Waals surface area contributed by atoms with Crippen LogP contribution in [0.5, 0.6) is 17.8 Å². The van der Waals surface area contributed by atoms with E-state index in [1.165, 1.54) is 50.6 Å². The van der Waals surface area contributed by atoms with E-state index in [4.69, 9.17) is 14.2 Å². The van der Waals surface area contributed by atoms with Crippen molar-refractivity contribution in [3.63, 3.8) is 0 Å². The van der Waals surface area contributed by atoms with E-state index in [0.717, 1.165) is 26.0 Å². The van der Waals surface area contributed by atoms with Crippen molar-refractivity contribution in [2.45, 2.75) is 24.7 Å². The summed E-state index contributed by atoms with van der Waals surface area (Å²) in [6, 6.07) is 10.6. The molecule has 0 bridgehead atoms. The quantitative estimate of drug-likeness (QED) is 0.0738. The van der Waals surface area contributed by atoms with Crippen molar-refractivity contribution in [3.8, 4) is 17.8 Å². The first-order chi connectivity index (χ1) is 27.1. The molecular formula is C32H37N11O12S2. The van der Waals surface area contributed by atoms with Gasteiger partial charge >= 0.3 is 34.3 Å². The van der Waals surface area contributed by atoms with E-state index in [9.17, 15) is 36.0 Å². The molecule has 1 aliphatic carbocycles. The van der Waals surface area contributed by atoms with Crippen LogP contribution in [0.15, 0.2) is 59.5 Å². The summed E-state index contributed by atoms with van der Waals surface area (Å²) in [6.45, 7) is 1.99. The van der Waals surface area contributed by atoms with Crippen molar-refractivity contribution in [3.05, 3.63) is 65.7 Å². The maximum absolute atomic E-state index is 12.5. The predicted molar refractivity (Wildman–Crippen MR) is 201 cm³/mol. The second kappa shape index (κ2) is 19.1. The summed E-state index contributed by atoms with van der Waals surface area (Å²) in [5.74, 6) is -1.22. The molecule has 0 unspecified atom stereocenters. The molecule has 1 aliphatic rings. The van der Waals surface area contributed by atoms with Crippen LogP contribution in [0.3, 0.4) is 0 Å². The number of methoxy groups -OCH3 is 3. The van der Waals surface area contributed by atoms with Crippen molar-refractivity contribution in [2.24, 2.45) is 5.92 Å². The molecule has 0 aliphatic heterocycles. The maximum Gasteiger partial charge on any atom is 0.339 e. The van der Waals surface area contributed by atoms with E-state index in [-0.39, 0.29) is 70.7 Å². The number of hydrogen-bond donors (Lipinski definition) is 6. The summed E-state index contributed by atoms with van der Waals surface area (Å²) in [6.07, 6.45) is 1.56. The summed E-state index contributed by atoms with van der Waals surface area (Å²) in [5, 5.41) is 7.01. The number of anilines is 4. The van der Waals surface area contributed by atoms with E-state index in [1.807, 2.05) is 0 Å². The highest BCUT2D eigenvalue weighted by Gasteiger charge is 2.32. The zero-order valence-corrected chi connectivity index (χ0v) is 32.5. The van der Waals surface area contributed by atoms with Gasteiger partial charge in [0, 0.05) is 18.5 Å². The first-order valence-corrected chi connectivity index (χ1v) is 19.4. The Balaban J connectivity index is 0.000000253. The maximum atomic E-state index is 12.5. The third-order valence-corrected chi connectivity index (χ3v) is 9.41. The molecule has 0 radical (unpaired) electrons. The van der Waals surface area contributed by atoms with Crippen molar-refractivity contribution in [1.82, 2.24) is 34.4 Å². The summed E-state index contributed by atoms with van der Waals surface area (Å²) in [4.78, 5) is 67.3. The monoisotopic (exact) mass is 831 g/mol. The lowest BCUT2D eigenvalue weighted by atomic mass is 10.1. The average molecular weight is 832 g/mol. The zero-order chi connectivity index (χ0) is 41.8. The number of carbonyl (C=O) groups excluding carboxylic acids is 4. The number of Topliss-reactive ketones (excluding diaryl/α,β-unsaturated/α-hetero) is 1. The number of hydrogen-bond acceptors (Lipinski definition) is 18. The smallest absolute Gasteiger partial charge is 0.339 e. The molecular weight excluding hydrogens is 795 g/mol. The van der Waals surface area contributed by atoms with Gasteiger partial charge in [-0.1, -0.05) is 24.3 Å². The van der Waals surface area contributed by atoms with E-state index in [1.54, 1.807) is 35.5 Å². The molecule has 23 nitrogen and oxygen atoms in total. The van der Waals surface area contributed by atoms with Gasteiger partial charge in [-0.25, -0.2) is 32.2 Å². The molecule has 0 spiro atoms. The Kier molecular flexibility index (Phi) is 14.4. The Hall–Kier alpha value is -6.89. The number of esters is 1. The summed E-state index contributed by atoms with van der Waals surface area (Å²) in [7, 11) is -3.33. The van der Waals surface area contributed by atoms with E-state index >= 15 is 0 Å². The van der Waals surface area contributed by atoms with Gasteiger partial charge in [0.15, 0.2) is 5.78 Å². The first-order valence-electron chi connectivity index (χ1n) is 16.4. The standard InChI is InChI=1S/C17H19N5O6S.C15H18N6O6S/c1-27-13-9-14(28-2)19-16(18-13)20-17(24)22-29(25,26)21-12-6-4-3-5-11(12)15(23)10-7-8-10;1-4-27-15-19-12(16-2)17-13(20-15)18-14(23)21-28(24,25)10-8-6-5-7-9(10)11(22)26-3/h3-6,9-10,21H,7-8H2,1-2H3,(H2,18,19,20,22,24);5-8H,4H2,1-3H3,(H3,16,17,18,19,20,21,23). The van der Waals surface area contributed by atoms with Gasteiger partial charge in [0.05, 0.1) is 45.3 Å². The lowest BCUT2D eigenvalue weighted by molar-refractivity contribution is 0.0596. The average Bonchev–Trinajstić information content (AvgIpc) is 4.03. The fourth-order valence-corrected chi connectivity index (χ4v) is 6.36. The highest BCUT2D eigenvalue weighted by molar-refractivity contribution is 7.91. The van der Waals surface area contributed by atoms with Gasteiger partial charge in [0.1, 0.15) is 4.90 Å².